The van der Waals surface area contributed by atoms with E-state index >= 15 is 0 Å². The Morgan fingerprint density at radius 2 is 1.76 bits per heavy atom. The molecule has 0 aliphatic carbocycles. The SMILES string of the molecule is O=C(NCCCn1cccc1)c1ccccc1. The highest BCUT2D eigenvalue weighted by Gasteiger charge is 2.02. The van der Waals surface area contributed by atoms with Gasteiger partial charge in [-0.2, -0.15) is 0 Å². The average Bonchev–Trinajstić information content (AvgIpc) is 2.88. The zero-order chi connectivity index (χ0) is 11.9. The zero-order valence-electron chi connectivity index (χ0n) is 9.67. The van der Waals surface area contributed by atoms with Crippen LogP contribution in [-0.2, 0) is 6.54 Å². The van der Waals surface area contributed by atoms with Gasteiger partial charge < -0.3 is 9.88 Å². The minimum Gasteiger partial charge on any atom is -0.354 e. The first kappa shape index (κ1) is 11.5. The van der Waals surface area contributed by atoms with E-state index in [2.05, 4.69) is 9.88 Å². The van der Waals surface area contributed by atoms with Gasteiger partial charge in [0.15, 0.2) is 0 Å². The van der Waals surface area contributed by atoms with Gasteiger partial charge in [-0.25, -0.2) is 0 Å². The highest BCUT2D eigenvalue weighted by atomic mass is 16.1. The lowest BCUT2D eigenvalue weighted by molar-refractivity contribution is 0.0952. The maximum absolute atomic E-state index is 11.7. The van der Waals surface area contributed by atoms with Crippen LogP contribution in [0.2, 0.25) is 0 Å². The molecule has 1 aromatic heterocycles. The summed E-state index contributed by atoms with van der Waals surface area (Å²) in [6.07, 6.45) is 4.99. The average molecular weight is 228 g/mol. The van der Waals surface area contributed by atoms with Crippen molar-refractivity contribution in [2.75, 3.05) is 6.54 Å². The van der Waals surface area contributed by atoms with Crippen LogP contribution >= 0.6 is 0 Å². The fraction of sp³-hybridized carbons (Fsp3) is 0.214. The van der Waals surface area contributed by atoms with Crippen molar-refractivity contribution in [1.29, 1.82) is 0 Å². The van der Waals surface area contributed by atoms with Gasteiger partial charge in [0, 0.05) is 31.0 Å². The molecule has 0 saturated carbocycles. The molecular formula is C14H16N2O. The molecule has 0 saturated heterocycles. The van der Waals surface area contributed by atoms with E-state index in [0.717, 1.165) is 13.0 Å². The molecule has 1 N–H and O–H groups in total. The van der Waals surface area contributed by atoms with Crippen molar-refractivity contribution >= 4 is 5.91 Å². The van der Waals surface area contributed by atoms with Crippen molar-refractivity contribution in [3.05, 3.63) is 60.4 Å². The Morgan fingerprint density at radius 1 is 1.06 bits per heavy atom. The Morgan fingerprint density at radius 3 is 2.47 bits per heavy atom. The number of aromatic nitrogens is 1. The predicted octanol–water partition coefficient (Wildman–Crippen LogP) is 2.31. The molecule has 2 aromatic rings. The fourth-order valence-electron chi connectivity index (χ4n) is 1.67. The van der Waals surface area contributed by atoms with Crippen LogP contribution < -0.4 is 5.32 Å². The summed E-state index contributed by atoms with van der Waals surface area (Å²) >= 11 is 0. The van der Waals surface area contributed by atoms with Crippen molar-refractivity contribution in [2.45, 2.75) is 13.0 Å². The van der Waals surface area contributed by atoms with Gasteiger partial charge >= 0.3 is 0 Å². The summed E-state index contributed by atoms with van der Waals surface area (Å²) in [7, 11) is 0. The summed E-state index contributed by atoms with van der Waals surface area (Å²) in [6.45, 7) is 1.63. The molecule has 0 bridgehead atoms. The first-order valence-electron chi connectivity index (χ1n) is 5.80. The third kappa shape index (κ3) is 3.48. The number of aryl methyl sites for hydroxylation is 1. The van der Waals surface area contributed by atoms with Gasteiger partial charge in [0.1, 0.15) is 0 Å². The van der Waals surface area contributed by atoms with Crippen LogP contribution in [0.3, 0.4) is 0 Å². The van der Waals surface area contributed by atoms with Crippen LogP contribution in [0.1, 0.15) is 16.8 Å². The van der Waals surface area contributed by atoms with Gasteiger partial charge in [0.2, 0.25) is 0 Å². The molecule has 3 nitrogen and oxygen atoms in total. The van der Waals surface area contributed by atoms with Crippen molar-refractivity contribution in [1.82, 2.24) is 9.88 Å². The third-order valence-corrected chi connectivity index (χ3v) is 2.58. The summed E-state index contributed by atoms with van der Waals surface area (Å²) in [5.41, 5.74) is 0.716. The molecule has 3 heteroatoms. The van der Waals surface area contributed by atoms with Gasteiger partial charge in [-0.1, -0.05) is 18.2 Å². The van der Waals surface area contributed by atoms with Gasteiger partial charge in [-0.3, -0.25) is 4.79 Å². The second kappa shape index (κ2) is 5.89. The van der Waals surface area contributed by atoms with E-state index in [1.807, 2.05) is 54.9 Å². The molecule has 88 valence electrons. The van der Waals surface area contributed by atoms with Crippen LogP contribution in [-0.4, -0.2) is 17.0 Å². The molecular weight excluding hydrogens is 212 g/mol. The molecule has 17 heavy (non-hydrogen) atoms. The quantitative estimate of drug-likeness (QED) is 0.783. The minimum atomic E-state index is -0.00175. The molecule has 1 heterocycles. The fourth-order valence-corrected chi connectivity index (χ4v) is 1.67. The van der Waals surface area contributed by atoms with Crippen molar-refractivity contribution < 1.29 is 4.79 Å². The molecule has 1 aromatic carbocycles. The lowest BCUT2D eigenvalue weighted by atomic mass is 10.2. The van der Waals surface area contributed by atoms with E-state index in [0.29, 0.717) is 12.1 Å². The number of carbonyl (C=O) groups is 1. The minimum absolute atomic E-state index is 0.00175. The number of nitrogens with zero attached hydrogens (tertiary/aromatic N) is 1. The lowest BCUT2D eigenvalue weighted by Gasteiger charge is -2.05. The first-order valence-corrected chi connectivity index (χ1v) is 5.80. The van der Waals surface area contributed by atoms with Crippen molar-refractivity contribution in [3.8, 4) is 0 Å². The summed E-state index contributed by atoms with van der Waals surface area (Å²) in [5.74, 6) is -0.00175. The largest absolute Gasteiger partial charge is 0.354 e. The molecule has 2 rings (SSSR count). The summed E-state index contributed by atoms with van der Waals surface area (Å²) < 4.78 is 2.11. The number of nitrogens with one attached hydrogen (secondary N) is 1. The molecule has 0 aliphatic heterocycles. The van der Waals surface area contributed by atoms with Crippen molar-refractivity contribution in [3.63, 3.8) is 0 Å². The Balaban J connectivity index is 1.70. The van der Waals surface area contributed by atoms with Gasteiger partial charge in [0.25, 0.3) is 5.91 Å². The molecule has 0 radical (unpaired) electrons. The third-order valence-electron chi connectivity index (χ3n) is 2.58. The Hall–Kier alpha value is -2.03. The monoisotopic (exact) mass is 228 g/mol. The molecule has 0 spiro atoms. The highest BCUT2D eigenvalue weighted by molar-refractivity contribution is 5.94. The first-order chi connectivity index (χ1) is 8.36. The molecule has 0 fully saturated rings. The van der Waals surface area contributed by atoms with Crippen molar-refractivity contribution in [2.24, 2.45) is 0 Å². The van der Waals surface area contributed by atoms with Crippen LogP contribution in [0.5, 0.6) is 0 Å². The number of amides is 1. The molecule has 0 unspecified atom stereocenters. The van der Waals surface area contributed by atoms with E-state index in [1.165, 1.54) is 0 Å². The standard InChI is InChI=1S/C14H16N2O/c17-14(13-7-2-1-3-8-13)15-9-6-12-16-10-4-5-11-16/h1-5,7-8,10-11H,6,9,12H2,(H,15,17). The van der Waals surface area contributed by atoms with E-state index in [4.69, 9.17) is 0 Å². The Bertz CT molecular complexity index is 448. The highest BCUT2D eigenvalue weighted by Crippen LogP contribution is 1.98. The van der Waals surface area contributed by atoms with Crippen LogP contribution in [0.4, 0.5) is 0 Å². The van der Waals surface area contributed by atoms with E-state index < -0.39 is 0 Å². The van der Waals surface area contributed by atoms with Crippen LogP contribution in [0.15, 0.2) is 54.9 Å². The topological polar surface area (TPSA) is 34.0 Å². The van der Waals surface area contributed by atoms with Gasteiger partial charge in [-0.05, 0) is 30.7 Å². The number of benzene rings is 1. The van der Waals surface area contributed by atoms with Gasteiger partial charge in [0.05, 0.1) is 0 Å². The number of hydrogen-bond acceptors (Lipinski definition) is 1. The second-order valence-electron chi connectivity index (χ2n) is 3.90. The maximum Gasteiger partial charge on any atom is 0.251 e. The Kier molecular flexibility index (Phi) is 3.97. The summed E-state index contributed by atoms with van der Waals surface area (Å²) in [4.78, 5) is 11.7. The van der Waals surface area contributed by atoms with Gasteiger partial charge in [-0.15, -0.1) is 0 Å². The smallest absolute Gasteiger partial charge is 0.251 e. The number of rotatable bonds is 5. The normalized spacial score (nSPS) is 10.1. The Labute approximate surface area is 101 Å². The number of hydrogen-bond donors (Lipinski definition) is 1. The lowest BCUT2D eigenvalue weighted by Crippen LogP contribution is -2.25. The number of carbonyl (C=O) groups excluding carboxylic acids is 1. The summed E-state index contributed by atoms with van der Waals surface area (Å²) in [6, 6.07) is 13.3. The molecule has 0 atom stereocenters. The molecule has 0 aliphatic rings. The molecule has 1 amide bonds. The predicted molar refractivity (Wildman–Crippen MR) is 67.8 cm³/mol. The second-order valence-corrected chi connectivity index (χ2v) is 3.90. The van der Waals surface area contributed by atoms with Crippen LogP contribution in [0, 0.1) is 0 Å². The van der Waals surface area contributed by atoms with E-state index in [-0.39, 0.29) is 5.91 Å². The van der Waals surface area contributed by atoms with E-state index in [1.54, 1.807) is 0 Å². The van der Waals surface area contributed by atoms with E-state index in [9.17, 15) is 4.79 Å². The zero-order valence-corrected chi connectivity index (χ0v) is 9.67. The maximum atomic E-state index is 11.7. The summed E-state index contributed by atoms with van der Waals surface area (Å²) in [5, 5.41) is 2.91. The van der Waals surface area contributed by atoms with Crippen LogP contribution in [0.25, 0.3) is 0 Å².